The number of aromatic nitrogens is 2. The number of hydrogen-bond donors (Lipinski definition) is 1. The molecule has 3 aromatic carbocycles. The van der Waals surface area contributed by atoms with Crippen LogP contribution in [0.1, 0.15) is 47.4 Å². The Balaban J connectivity index is 1.01. The Bertz CT molecular complexity index is 1840. The van der Waals surface area contributed by atoms with Crippen LogP contribution in [0.4, 0.5) is 5.95 Å². The Labute approximate surface area is 287 Å². The highest BCUT2D eigenvalue weighted by Crippen LogP contribution is 2.41. The first-order valence-electron chi connectivity index (χ1n) is 17.1. The van der Waals surface area contributed by atoms with Crippen LogP contribution in [0.5, 0.6) is 17.2 Å². The van der Waals surface area contributed by atoms with Crippen LogP contribution in [0.25, 0.3) is 11.0 Å². The summed E-state index contributed by atoms with van der Waals surface area (Å²) in [5.41, 5.74) is 3.78. The standard InChI is InChI=1S/C39H45N5O5/c1-46-34-24-28(25-35(47-2)36(34)48-3)37(45)43-22-18-39(27-43,29-10-5-4-6-11-29)17-21-42-19-15-30(16-20-42)40-38-41-32-13-7-8-14-33(32)44(38)26-31-12-9-23-49-31/h4-14,23-25,30H,15-22,26-27H2,1-3H3,(H,40,41). The molecule has 10 nitrogen and oxygen atoms in total. The summed E-state index contributed by atoms with van der Waals surface area (Å²) in [4.78, 5) is 23.4. The van der Waals surface area contributed by atoms with Crippen molar-refractivity contribution in [2.45, 2.75) is 43.7 Å². The van der Waals surface area contributed by atoms with Crippen LogP contribution in [0.15, 0.2) is 89.5 Å². The molecule has 4 heterocycles. The van der Waals surface area contributed by atoms with Crippen molar-refractivity contribution in [3.05, 3.63) is 102 Å². The molecule has 1 atom stereocenters. The summed E-state index contributed by atoms with van der Waals surface area (Å²) in [7, 11) is 4.70. The maximum atomic E-state index is 13.9. The Morgan fingerprint density at radius 2 is 1.65 bits per heavy atom. The summed E-state index contributed by atoms with van der Waals surface area (Å²) >= 11 is 0. The van der Waals surface area contributed by atoms with Crippen molar-refractivity contribution >= 4 is 22.9 Å². The number of piperidine rings is 1. The molecule has 1 N–H and O–H groups in total. The molecule has 2 saturated heterocycles. The minimum atomic E-state index is -0.122. The van der Waals surface area contributed by atoms with E-state index < -0.39 is 0 Å². The van der Waals surface area contributed by atoms with Crippen LogP contribution in [0.3, 0.4) is 0 Å². The number of carbonyl (C=O) groups is 1. The first-order valence-corrected chi connectivity index (χ1v) is 17.1. The molecule has 10 heteroatoms. The Morgan fingerprint density at radius 1 is 0.918 bits per heavy atom. The monoisotopic (exact) mass is 663 g/mol. The van der Waals surface area contributed by atoms with Gasteiger partial charge in [0.1, 0.15) is 5.76 Å². The molecule has 0 aliphatic carbocycles. The van der Waals surface area contributed by atoms with Crippen LogP contribution in [-0.4, -0.2) is 85.4 Å². The van der Waals surface area contributed by atoms with Gasteiger partial charge in [-0.2, -0.15) is 0 Å². The number of nitrogens with one attached hydrogen (secondary N) is 1. The van der Waals surface area contributed by atoms with Gasteiger partial charge in [0.25, 0.3) is 5.91 Å². The molecule has 2 aliphatic rings. The lowest BCUT2D eigenvalue weighted by Gasteiger charge is -2.36. The highest BCUT2D eigenvalue weighted by molar-refractivity contribution is 5.96. The first-order chi connectivity index (χ1) is 24.0. The van der Waals surface area contributed by atoms with E-state index in [9.17, 15) is 4.79 Å². The second kappa shape index (κ2) is 14.3. The SMILES string of the molecule is COc1cc(C(=O)N2CCC(CCN3CCC(Nc4nc5ccccc5n4Cc4ccco4)CC3)(c3ccccc3)C2)cc(OC)c1OC. The highest BCUT2D eigenvalue weighted by atomic mass is 16.5. The zero-order valence-corrected chi connectivity index (χ0v) is 28.6. The molecule has 0 spiro atoms. The molecule has 0 saturated carbocycles. The van der Waals surface area contributed by atoms with E-state index in [1.54, 1.807) is 39.7 Å². The van der Waals surface area contributed by atoms with Gasteiger partial charge in [-0.05, 0) is 74.2 Å². The number of carbonyl (C=O) groups excluding carboxylic acids is 1. The van der Waals surface area contributed by atoms with Gasteiger partial charge in [-0.15, -0.1) is 0 Å². The fourth-order valence-corrected chi connectivity index (χ4v) is 7.57. The number of furan rings is 1. The summed E-state index contributed by atoms with van der Waals surface area (Å²) in [6, 6.07) is 26.7. The van der Waals surface area contributed by atoms with Gasteiger partial charge in [-0.3, -0.25) is 4.79 Å². The molecule has 0 bridgehead atoms. The Hall–Kier alpha value is -4.96. The lowest BCUT2D eigenvalue weighted by molar-refractivity contribution is 0.0779. The number of anilines is 1. The van der Waals surface area contributed by atoms with Crippen molar-refractivity contribution in [2.75, 3.05) is 59.4 Å². The summed E-state index contributed by atoms with van der Waals surface area (Å²) in [5.74, 6) is 3.21. The van der Waals surface area contributed by atoms with Crippen LogP contribution in [-0.2, 0) is 12.0 Å². The van der Waals surface area contributed by atoms with E-state index in [1.165, 1.54) is 5.56 Å². The van der Waals surface area contributed by atoms with Crippen LogP contribution in [0.2, 0.25) is 0 Å². The quantitative estimate of drug-likeness (QED) is 0.163. The van der Waals surface area contributed by atoms with E-state index in [0.29, 0.717) is 48.5 Å². The number of benzene rings is 3. The van der Waals surface area contributed by atoms with Crippen molar-refractivity contribution in [2.24, 2.45) is 0 Å². The van der Waals surface area contributed by atoms with Crippen molar-refractivity contribution in [3.63, 3.8) is 0 Å². The third-order valence-electron chi connectivity index (χ3n) is 10.3. The van der Waals surface area contributed by atoms with Crippen molar-refractivity contribution in [1.29, 1.82) is 0 Å². The number of imidazole rings is 1. The Kier molecular flexibility index (Phi) is 9.48. The number of para-hydroxylation sites is 2. The first kappa shape index (κ1) is 32.6. The summed E-state index contributed by atoms with van der Waals surface area (Å²) in [6.45, 7) is 4.98. The molecule has 5 aromatic rings. The van der Waals surface area contributed by atoms with Gasteiger partial charge in [0.2, 0.25) is 11.7 Å². The third kappa shape index (κ3) is 6.70. The van der Waals surface area contributed by atoms with Gasteiger partial charge in [0, 0.05) is 43.2 Å². The molecule has 0 radical (unpaired) electrons. The smallest absolute Gasteiger partial charge is 0.254 e. The molecular formula is C39H45N5O5. The zero-order chi connectivity index (χ0) is 33.8. The minimum Gasteiger partial charge on any atom is -0.493 e. The second-order valence-corrected chi connectivity index (χ2v) is 13.1. The van der Waals surface area contributed by atoms with E-state index in [1.807, 2.05) is 23.1 Å². The number of fused-ring (bicyclic) bond motifs is 1. The van der Waals surface area contributed by atoms with E-state index in [0.717, 1.165) is 68.1 Å². The number of hydrogen-bond acceptors (Lipinski definition) is 8. The van der Waals surface area contributed by atoms with Crippen molar-refractivity contribution < 1.29 is 23.4 Å². The molecule has 1 unspecified atom stereocenters. The number of nitrogens with zero attached hydrogens (tertiary/aromatic N) is 4. The molecular weight excluding hydrogens is 618 g/mol. The maximum Gasteiger partial charge on any atom is 0.254 e. The van der Waals surface area contributed by atoms with Gasteiger partial charge < -0.3 is 38.3 Å². The predicted molar refractivity (Wildman–Crippen MR) is 190 cm³/mol. The number of ether oxygens (including phenoxy) is 3. The molecule has 2 aliphatic heterocycles. The summed E-state index contributed by atoms with van der Waals surface area (Å²) in [5, 5.41) is 3.77. The van der Waals surface area contributed by atoms with Crippen LogP contribution < -0.4 is 19.5 Å². The average molecular weight is 664 g/mol. The van der Waals surface area contributed by atoms with E-state index in [2.05, 4.69) is 63.3 Å². The zero-order valence-electron chi connectivity index (χ0n) is 28.6. The Morgan fingerprint density at radius 3 is 2.35 bits per heavy atom. The lowest BCUT2D eigenvalue weighted by atomic mass is 9.76. The topological polar surface area (TPSA) is 94.2 Å². The number of methoxy groups -OCH3 is 3. The minimum absolute atomic E-state index is 0.0259. The van der Waals surface area contributed by atoms with Gasteiger partial charge in [-0.1, -0.05) is 42.5 Å². The number of likely N-dealkylation sites (tertiary alicyclic amines) is 2. The number of rotatable bonds is 12. The van der Waals surface area contributed by atoms with E-state index in [-0.39, 0.29) is 11.3 Å². The maximum absolute atomic E-state index is 13.9. The van der Waals surface area contributed by atoms with Gasteiger partial charge in [0.15, 0.2) is 11.5 Å². The van der Waals surface area contributed by atoms with Crippen LogP contribution >= 0.6 is 0 Å². The lowest BCUT2D eigenvalue weighted by Crippen LogP contribution is -2.42. The largest absolute Gasteiger partial charge is 0.493 e. The van der Waals surface area contributed by atoms with Gasteiger partial charge in [-0.25, -0.2) is 4.98 Å². The number of amides is 1. The van der Waals surface area contributed by atoms with Gasteiger partial charge in [0.05, 0.1) is 45.2 Å². The second-order valence-electron chi connectivity index (χ2n) is 13.1. The van der Waals surface area contributed by atoms with Crippen LogP contribution in [0, 0.1) is 0 Å². The highest BCUT2D eigenvalue weighted by Gasteiger charge is 2.42. The summed E-state index contributed by atoms with van der Waals surface area (Å²) < 4.78 is 24.4. The van der Waals surface area contributed by atoms with Gasteiger partial charge >= 0.3 is 0 Å². The molecule has 1 amide bonds. The normalized spacial score (nSPS) is 18.6. The summed E-state index contributed by atoms with van der Waals surface area (Å²) in [6.07, 6.45) is 5.68. The van der Waals surface area contributed by atoms with E-state index >= 15 is 0 Å². The molecule has 256 valence electrons. The molecule has 7 rings (SSSR count). The molecule has 2 fully saturated rings. The van der Waals surface area contributed by atoms with E-state index in [4.69, 9.17) is 23.6 Å². The molecule has 2 aromatic heterocycles. The fourth-order valence-electron chi connectivity index (χ4n) is 7.57. The molecule has 49 heavy (non-hydrogen) atoms. The van der Waals surface area contributed by atoms with Crippen molar-refractivity contribution in [3.8, 4) is 17.2 Å². The average Bonchev–Trinajstić information content (AvgIpc) is 3.91. The fraction of sp³-hybridized carbons (Fsp3) is 0.385. The predicted octanol–water partition coefficient (Wildman–Crippen LogP) is 6.45. The van der Waals surface area contributed by atoms with Crippen molar-refractivity contribution in [1.82, 2.24) is 19.4 Å². The third-order valence-corrected chi connectivity index (χ3v) is 10.3.